The Morgan fingerprint density at radius 2 is 1.76 bits per heavy atom. The summed E-state index contributed by atoms with van der Waals surface area (Å²) in [7, 11) is 0. The second-order valence-electron chi connectivity index (χ2n) is 3.70. The van der Waals surface area contributed by atoms with Crippen molar-refractivity contribution >= 4 is 27.5 Å². The molecule has 0 saturated carbocycles. The molecule has 0 bridgehead atoms. The van der Waals surface area contributed by atoms with E-state index >= 15 is 0 Å². The van der Waals surface area contributed by atoms with Crippen LogP contribution in [0.1, 0.15) is 17.2 Å². The Hall–Kier alpha value is -0.900. The molecule has 0 amide bonds. The third-order valence-electron chi connectivity index (χ3n) is 2.52. The standard InChI is InChI=1S/C13H10BrClFN/c14-9-3-6-12(16)11(7-9)13(17)8-1-4-10(15)5-2-8/h1-7,13H,17H2. The van der Waals surface area contributed by atoms with Crippen molar-refractivity contribution in [3.63, 3.8) is 0 Å². The second kappa shape index (κ2) is 5.17. The Morgan fingerprint density at radius 3 is 2.41 bits per heavy atom. The predicted octanol–water partition coefficient (Wildman–Crippen LogP) is 4.29. The van der Waals surface area contributed by atoms with Crippen LogP contribution >= 0.6 is 27.5 Å². The maximum absolute atomic E-state index is 13.7. The summed E-state index contributed by atoms with van der Waals surface area (Å²) in [6, 6.07) is 11.3. The van der Waals surface area contributed by atoms with Crippen LogP contribution in [0.25, 0.3) is 0 Å². The fourth-order valence-electron chi connectivity index (χ4n) is 1.60. The van der Waals surface area contributed by atoms with Gasteiger partial charge in [0.1, 0.15) is 5.82 Å². The van der Waals surface area contributed by atoms with Crippen molar-refractivity contribution in [2.24, 2.45) is 5.73 Å². The van der Waals surface area contributed by atoms with Gasteiger partial charge in [0.2, 0.25) is 0 Å². The molecule has 0 spiro atoms. The molecule has 1 atom stereocenters. The van der Waals surface area contributed by atoms with E-state index in [-0.39, 0.29) is 5.82 Å². The quantitative estimate of drug-likeness (QED) is 0.879. The Morgan fingerprint density at radius 1 is 1.12 bits per heavy atom. The maximum atomic E-state index is 13.7. The summed E-state index contributed by atoms with van der Waals surface area (Å²) in [4.78, 5) is 0. The van der Waals surface area contributed by atoms with Gasteiger partial charge in [-0.25, -0.2) is 4.39 Å². The molecule has 4 heteroatoms. The van der Waals surface area contributed by atoms with Gasteiger partial charge in [-0.05, 0) is 35.9 Å². The van der Waals surface area contributed by atoms with E-state index in [1.165, 1.54) is 6.07 Å². The highest BCUT2D eigenvalue weighted by Crippen LogP contribution is 2.26. The predicted molar refractivity (Wildman–Crippen MR) is 71.6 cm³/mol. The molecule has 0 fully saturated rings. The molecule has 0 aliphatic rings. The summed E-state index contributed by atoms with van der Waals surface area (Å²) in [6.45, 7) is 0. The van der Waals surface area contributed by atoms with Gasteiger partial charge in [0.15, 0.2) is 0 Å². The van der Waals surface area contributed by atoms with E-state index in [4.69, 9.17) is 17.3 Å². The summed E-state index contributed by atoms with van der Waals surface area (Å²) in [5.74, 6) is -0.310. The Labute approximate surface area is 113 Å². The lowest BCUT2D eigenvalue weighted by Crippen LogP contribution is -2.13. The summed E-state index contributed by atoms with van der Waals surface area (Å²) in [5.41, 5.74) is 7.32. The lowest BCUT2D eigenvalue weighted by atomic mass is 9.99. The zero-order valence-corrected chi connectivity index (χ0v) is 11.2. The molecule has 0 heterocycles. The highest BCUT2D eigenvalue weighted by molar-refractivity contribution is 9.10. The van der Waals surface area contributed by atoms with Crippen LogP contribution in [0.3, 0.4) is 0 Å². The van der Waals surface area contributed by atoms with E-state index < -0.39 is 6.04 Å². The molecule has 0 radical (unpaired) electrons. The van der Waals surface area contributed by atoms with Crippen molar-refractivity contribution in [2.45, 2.75) is 6.04 Å². The van der Waals surface area contributed by atoms with Crippen LogP contribution in [-0.4, -0.2) is 0 Å². The largest absolute Gasteiger partial charge is 0.320 e. The van der Waals surface area contributed by atoms with Crippen molar-refractivity contribution in [1.29, 1.82) is 0 Å². The fourth-order valence-corrected chi connectivity index (χ4v) is 2.11. The van der Waals surface area contributed by atoms with Crippen LogP contribution in [0.4, 0.5) is 4.39 Å². The number of hydrogen-bond acceptors (Lipinski definition) is 1. The van der Waals surface area contributed by atoms with E-state index in [0.717, 1.165) is 10.0 Å². The highest BCUT2D eigenvalue weighted by Gasteiger charge is 2.13. The smallest absolute Gasteiger partial charge is 0.128 e. The van der Waals surface area contributed by atoms with Crippen LogP contribution in [0.2, 0.25) is 5.02 Å². The average Bonchev–Trinajstić information content (AvgIpc) is 2.32. The van der Waals surface area contributed by atoms with Crippen LogP contribution in [0.15, 0.2) is 46.9 Å². The number of halogens is 3. The van der Waals surface area contributed by atoms with Gasteiger partial charge in [0.05, 0.1) is 6.04 Å². The Bertz CT molecular complexity index is 527. The molecular weight excluding hydrogens is 305 g/mol. The zero-order chi connectivity index (χ0) is 12.4. The minimum atomic E-state index is -0.496. The monoisotopic (exact) mass is 313 g/mol. The van der Waals surface area contributed by atoms with Gasteiger partial charge < -0.3 is 5.73 Å². The lowest BCUT2D eigenvalue weighted by molar-refractivity contribution is 0.599. The van der Waals surface area contributed by atoms with Gasteiger partial charge in [-0.15, -0.1) is 0 Å². The van der Waals surface area contributed by atoms with Crippen molar-refractivity contribution in [3.05, 3.63) is 68.9 Å². The van der Waals surface area contributed by atoms with Crippen molar-refractivity contribution in [3.8, 4) is 0 Å². The first-order chi connectivity index (χ1) is 8.08. The molecule has 0 aliphatic carbocycles. The van der Waals surface area contributed by atoms with E-state index in [1.807, 2.05) is 0 Å². The zero-order valence-electron chi connectivity index (χ0n) is 8.83. The van der Waals surface area contributed by atoms with E-state index in [0.29, 0.717) is 10.6 Å². The van der Waals surface area contributed by atoms with Gasteiger partial charge in [-0.1, -0.05) is 39.7 Å². The third-order valence-corrected chi connectivity index (χ3v) is 3.27. The minimum absolute atomic E-state index is 0.310. The van der Waals surface area contributed by atoms with E-state index in [1.54, 1.807) is 36.4 Å². The average molecular weight is 315 g/mol. The van der Waals surface area contributed by atoms with Gasteiger partial charge >= 0.3 is 0 Å². The molecular formula is C13H10BrClFN. The van der Waals surface area contributed by atoms with Crippen LogP contribution in [-0.2, 0) is 0 Å². The Balaban J connectivity index is 2.39. The third kappa shape index (κ3) is 2.86. The molecule has 1 nitrogen and oxygen atoms in total. The normalized spacial score (nSPS) is 12.5. The molecule has 0 aliphatic heterocycles. The summed E-state index contributed by atoms with van der Waals surface area (Å²) < 4.78 is 14.5. The van der Waals surface area contributed by atoms with Crippen molar-refractivity contribution in [2.75, 3.05) is 0 Å². The summed E-state index contributed by atoms with van der Waals surface area (Å²) in [6.07, 6.45) is 0. The second-order valence-corrected chi connectivity index (χ2v) is 5.05. The van der Waals surface area contributed by atoms with Gasteiger partial charge in [-0.3, -0.25) is 0 Å². The topological polar surface area (TPSA) is 26.0 Å². The van der Waals surface area contributed by atoms with Crippen LogP contribution in [0, 0.1) is 5.82 Å². The molecule has 88 valence electrons. The molecule has 1 unspecified atom stereocenters. The first-order valence-corrected chi connectivity index (χ1v) is 6.21. The first-order valence-electron chi connectivity index (χ1n) is 5.04. The summed E-state index contributed by atoms with van der Waals surface area (Å²) >= 11 is 9.10. The fraction of sp³-hybridized carbons (Fsp3) is 0.0769. The first kappa shape index (κ1) is 12.6. The SMILES string of the molecule is NC(c1ccc(Cl)cc1)c1cc(Br)ccc1F. The van der Waals surface area contributed by atoms with Crippen LogP contribution in [0.5, 0.6) is 0 Å². The van der Waals surface area contributed by atoms with Gasteiger partial charge in [0, 0.05) is 15.1 Å². The molecule has 2 aromatic carbocycles. The molecule has 2 aromatic rings. The van der Waals surface area contributed by atoms with Crippen molar-refractivity contribution in [1.82, 2.24) is 0 Å². The lowest BCUT2D eigenvalue weighted by Gasteiger charge is -2.14. The number of hydrogen-bond donors (Lipinski definition) is 1. The van der Waals surface area contributed by atoms with Crippen LogP contribution < -0.4 is 5.73 Å². The number of rotatable bonds is 2. The van der Waals surface area contributed by atoms with Crippen molar-refractivity contribution < 1.29 is 4.39 Å². The summed E-state index contributed by atoms with van der Waals surface area (Å²) in [5, 5.41) is 0.635. The maximum Gasteiger partial charge on any atom is 0.128 e. The van der Waals surface area contributed by atoms with Gasteiger partial charge in [-0.2, -0.15) is 0 Å². The highest BCUT2D eigenvalue weighted by atomic mass is 79.9. The molecule has 2 N–H and O–H groups in total. The molecule has 0 saturated heterocycles. The molecule has 17 heavy (non-hydrogen) atoms. The minimum Gasteiger partial charge on any atom is -0.320 e. The molecule has 2 rings (SSSR count). The van der Waals surface area contributed by atoms with E-state index in [9.17, 15) is 4.39 Å². The van der Waals surface area contributed by atoms with E-state index in [2.05, 4.69) is 15.9 Å². The number of benzene rings is 2. The number of nitrogens with two attached hydrogens (primary N) is 1. The van der Waals surface area contributed by atoms with Gasteiger partial charge in [0.25, 0.3) is 0 Å². The molecule has 0 aromatic heterocycles. The Kier molecular flexibility index (Phi) is 3.82.